The average Bonchev–Trinajstić information content (AvgIpc) is 3.22. The summed E-state index contributed by atoms with van der Waals surface area (Å²) < 4.78 is 49.9. The second kappa shape index (κ2) is 11.0. The van der Waals surface area contributed by atoms with Gasteiger partial charge in [0.1, 0.15) is 5.71 Å². The first-order valence-electron chi connectivity index (χ1n) is 10.5. The van der Waals surface area contributed by atoms with E-state index in [1.807, 2.05) is 13.0 Å². The monoisotopic (exact) mass is 474 g/mol. The van der Waals surface area contributed by atoms with Crippen molar-refractivity contribution in [3.8, 4) is 0 Å². The summed E-state index contributed by atoms with van der Waals surface area (Å²) in [6, 6.07) is 7.17. The van der Waals surface area contributed by atoms with Crippen molar-refractivity contribution in [1.29, 1.82) is 0 Å². The molecule has 0 radical (unpaired) electrons. The van der Waals surface area contributed by atoms with Crippen LogP contribution in [-0.2, 0) is 33.6 Å². The number of carbonyl (C=O) groups excluding carboxylic acids is 1. The van der Waals surface area contributed by atoms with E-state index in [4.69, 9.17) is 18.1 Å². The van der Waals surface area contributed by atoms with Gasteiger partial charge in [0.05, 0.1) is 26.4 Å². The molecule has 0 bridgehead atoms. The maximum absolute atomic E-state index is 13.9. The zero-order chi connectivity index (χ0) is 23.1. The van der Waals surface area contributed by atoms with Crippen LogP contribution in [0.3, 0.4) is 0 Å². The van der Waals surface area contributed by atoms with Gasteiger partial charge in [0.2, 0.25) is 5.78 Å². The third-order valence-corrected chi connectivity index (χ3v) is 10.9. The van der Waals surface area contributed by atoms with Crippen molar-refractivity contribution in [3.05, 3.63) is 35.4 Å². The fraction of sp³-hybridized carbons (Fsp3) is 0.600. The molecule has 1 aliphatic rings. The van der Waals surface area contributed by atoms with E-state index in [9.17, 15) is 13.9 Å². The van der Waals surface area contributed by atoms with Crippen LogP contribution < -0.4 is 5.43 Å². The van der Waals surface area contributed by atoms with Crippen LogP contribution in [0.5, 0.6) is 0 Å². The molecule has 1 aromatic carbocycles. The lowest BCUT2D eigenvalue weighted by atomic mass is 10.0. The number of hydrazone groups is 1. The van der Waals surface area contributed by atoms with Gasteiger partial charge in [-0.3, -0.25) is 19.4 Å². The maximum atomic E-state index is 13.9. The molecule has 1 aliphatic heterocycles. The van der Waals surface area contributed by atoms with Crippen LogP contribution in [0.1, 0.15) is 57.0 Å². The zero-order valence-corrected chi connectivity index (χ0v) is 20.5. The topological polar surface area (TPSA) is 113 Å². The Bertz CT molecular complexity index is 853. The molecule has 2 rings (SSSR count). The van der Waals surface area contributed by atoms with Gasteiger partial charge >= 0.3 is 15.2 Å². The Morgan fingerprint density at radius 2 is 1.48 bits per heavy atom. The van der Waals surface area contributed by atoms with Crippen LogP contribution in [-0.4, -0.2) is 42.9 Å². The van der Waals surface area contributed by atoms with E-state index in [2.05, 4.69) is 10.5 Å². The van der Waals surface area contributed by atoms with E-state index in [-0.39, 0.29) is 44.3 Å². The van der Waals surface area contributed by atoms with E-state index < -0.39 is 20.2 Å². The van der Waals surface area contributed by atoms with Gasteiger partial charge in [0, 0.05) is 12.0 Å². The van der Waals surface area contributed by atoms with Gasteiger partial charge in [-0.2, -0.15) is 5.10 Å². The molecule has 0 spiro atoms. The van der Waals surface area contributed by atoms with Gasteiger partial charge in [0.15, 0.2) is 0 Å². The lowest BCUT2D eigenvalue weighted by Gasteiger charge is -2.38. The number of nitrogens with one attached hydrogen (secondary N) is 1. The number of carbonyl (C=O) groups is 1. The lowest BCUT2D eigenvalue weighted by molar-refractivity contribution is 0.106. The SMILES string of the molecule is CCOP(=O)(OCC)C1(P(=O)(OCC)OCC)CC(C(=O)c2cccc(CC)c2)=NN1. The largest absolute Gasteiger partial charge is 0.370 e. The summed E-state index contributed by atoms with van der Waals surface area (Å²) in [5.74, 6) is -0.372. The number of hydrogen-bond donors (Lipinski definition) is 1. The molecule has 0 aromatic heterocycles. The molecule has 0 unspecified atom stereocenters. The highest BCUT2D eigenvalue weighted by Crippen LogP contribution is 2.78. The highest BCUT2D eigenvalue weighted by molar-refractivity contribution is 7.74. The van der Waals surface area contributed by atoms with E-state index in [1.54, 1.807) is 45.9 Å². The van der Waals surface area contributed by atoms with Gasteiger partial charge in [-0.15, -0.1) is 0 Å². The van der Waals surface area contributed by atoms with Gasteiger partial charge in [0.25, 0.3) is 5.02 Å². The highest BCUT2D eigenvalue weighted by atomic mass is 31.2. The van der Waals surface area contributed by atoms with Crippen LogP contribution in [0.25, 0.3) is 0 Å². The Hall–Kier alpha value is -1.34. The molecule has 0 saturated heterocycles. The fourth-order valence-electron chi connectivity index (χ4n) is 3.35. The van der Waals surface area contributed by atoms with Crippen LogP contribution in [0, 0.1) is 0 Å². The Morgan fingerprint density at radius 1 is 0.968 bits per heavy atom. The van der Waals surface area contributed by atoms with Crippen LogP contribution >= 0.6 is 15.2 Å². The molecular formula is C20H32N2O7P2. The van der Waals surface area contributed by atoms with Gasteiger partial charge in [-0.05, 0) is 45.7 Å². The predicted molar refractivity (Wildman–Crippen MR) is 120 cm³/mol. The summed E-state index contributed by atoms with van der Waals surface area (Å²) in [6.45, 7) is 8.67. The summed E-state index contributed by atoms with van der Waals surface area (Å²) in [6.07, 6.45) is 0.473. The Labute approximate surface area is 183 Å². The smallest absolute Gasteiger partial charge is 0.307 e. The zero-order valence-electron chi connectivity index (χ0n) is 18.8. The standard InChI is InChI=1S/C20H32N2O7P2/c1-6-16-12-11-13-17(14-16)19(23)18-15-20(22-21-18,30(24,26-7-2)27-8-3)31(25,28-9-4)29-10-5/h11-14,22H,6-10,15H2,1-5H3. The van der Waals surface area contributed by atoms with E-state index in [1.165, 1.54) is 0 Å². The van der Waals surface area contributed by atoms with Gasteiger partial charge < -0.3 is 18.1 Å². The molecule has 0 aliphatic carbocycles. The molecule has 0 saturated carbocycles. The summed E-state index contributed by atoms with van der Waals surface area (Å²) >= 11 is 0. The fourth-order valence-corrected chi connectivity index (χ4v) is 8.63. The van der Waals surface area contributed by atoms with Crippen LogP contribution in [0.4, 0.5) is 0 Å². The first-order valence-corrected chi connectivity index (χ1v) is 13.6. The van der Waals surface area contributed by atoms with Crippen molar-refractivity contribution in [1.82, 2.24) is 5.43 Å². The molecular weight excluding hydrogens is 442 g/mol. The number of Topliss-reactive ketones (excluding diaryl/α,β-unsaturated/α-hetero) is 1. The van der Waals surface area contributed by atoms with Crippen molar-refractivity contribution >= 4 is 26.7 Å². The van der Waals surface area contributed by atoms with Crippen LogP contribution in [0.15, 0.2) is 29.4 Å². The molecule has 1 heterocycles. The second-order valence-corrected chi connectivity index (χ2v) is 11.6. The summed E-state index contributed by atoms with van der Waals surface area (Å²) in [5.41, 5.74) is 4.13. The minimum Gasteiger partial charge on any atom is -0.307 e. The second-order valence-electron chi connectivity index (χ2n) is 6.71. The number of rotatable bonds is 13. The quantitative estimate of drug-likeness (QED) is 0.315. The van der Waals surface area contributed by atoms with Crippen molar-refractivity contribution < 1.29 is 32.0 Å². The summed E-state index contributed by atoms with van der Waals surface area (Å²) in [5, 5.41) is 2.17. The third kappa shape index (κ3) is 5.03. The molecule has 0 amide bonds. The van der Waals surface area contributed by atoms with Crippen molar-refractivity contribution in [2.45, 2.75) is 52.5 Å². The normalized spacial score (nSPS) is 16.1. The van der Waals surface area contributed by atoms with E-state index in [0.717, 1.165) is 12.0 Å². The van der Waals surface area contributed by atoms with E-state index >= 15 is 0 Å². The van der Waals surface area contributed by atoms with Gasteiger partial charge in [-0.25, -0.2) is 0 Å². The molecule has 0 fully saturated rings. The minimum absolute atomic E-state index is 0.0286. The molecule has 0 atom stereocenters. The molecule has 31 heavy (non-hydrogen) atoms. The van der Waals surface area contributed by atoms with Crippen LogP contribution in [0.2, 0.25) is 0 Å². The summed E-state index contributed by atoms with van der Waals surface area (Å²) in [7, 11) is -8.31. The Balaban J connectivity index is 2.54. The summed E-state index contributed by atoms with van der Waals surface area (Å²) in [4.78, 5) is 13.2. The minimum atomic E-state index is -4.15. The third-order valence-electron chi connectivity index (χ3n) is 4.75. The first-order chi connectivity index (χ1) is 14.8. The predicted octanol–water partition coefficient (Wildman–Crippen LogP) is 4.97. The highest BCUT2D eigenvalue weighted by Gasteiger charge is 2.68. The molecule has 1 N–H and O–H groups in total. The number of benzene rings is 1. The number of nitrogens with zero attached hydrogens (tertiary/aromatic N) is 1. The van der Waals surface area contributed by atoms with E-state index in [0.29, 0.717) is 5.56 Å². The maximum Gasteiger partial charge on any atom is 0.370 e. The lowest BCUT2D eigenvalue weighted by Crippen LogP contribution is -2.42. The Morgan fingerprint density at radius 3 is 1.94 bits per heavy atom. The van der Waals surface area contributed by atoms with Gasteiger partial charge in [-0.1, -0.05) is 25.1 Å². The van der Waals surface area contributed by atoms with Crippen molar-refractivity contribution in [3.63, 3.8) is 0 Å². The molecule has 11 heteroatoms. The number of hydrogen-bond acceptors (Lipinski definition) is 9. The molecule has 9 nitrogen and oxygen atoms in total. The Kier molecular flexibility index (Phi) is 9.19. The van der Waals surface area contributed by atoms with Crippen molar-refractivity contribution in [2.75, 3.05) is 26.4 Å². The average molecular weight is 474 g/mol. The number of aryl methyl sites for hydroxylation is 1. The molecule has 1 aromatic rings. The molecule has 174 valence electrons. The number of ketones is 1. The van der Waals surface area contributed by atoms with Crippen molar-refractivity contribution in [2.24, 2.45) is 5.10 Å². The first kappa shape index (κ1) is 25.9.